The second-order valence-electron chi connectivity index (χ2n) is 5.52. The number of benzene rings is 2. The first-order chi connectivity index (χ1) is 12.1. The molecule has 6 nitrogen and oxygen atoms in total. The zero-order chi connectivity index (χ0) is 18.1. The normalized spacial score (nSPS) is 10.0. The van der Waals surface area contributed by atoms with Crippen LogP contribution in [0.2, 0.25) is 0 Å². The summed E-state index contributed by atoms with van der Waals surface area (Å²) in [6.07, 6.45) is 0.364. The van der Waals surface area contributed by atoms with E-state index in [1.165, 1.54) is 6.92 Å². The number of anilines is 2. The molecule has 2 aromatic rings. The number of amides is 2. The van der Waals surface area contributed by atoms with Gasteiger partial charge in [-0.1, -0.05) is 18.2 Å². The molecule has 0 saturated heterocycles. The fourth-order valence-electron chi connectivity index (χ4n) is 2.33. The lowest BCUT2D eigenvalue weighted by molar-refractivity contribution is -0.121. The summed E-state index contributed by atoms with van der Waals surface area (Å²) in [4.78, 5) is 22.9. The molecule has 0 bridgehead atoms. The zero-order valence-electron chi connectivity index (χ0n) is 14.5. The summed E-state index contributed by atoms with van der Waals surface area (Å²) < 4.78 is 5.26. The Balaban J connectivity index is 1.72. The van der Waals surface area contributed by atoms with Crippen LogP contribution >= 0.6 is 0 Å². The first-order valence-electron chi connectivity index (χ1n) is 8.08. The maximum atomic E-state index is 11.9. The number of methoxy groups -OCH3 is 1. The Morgan fingerprint density at radius 1 is 1.00 bits per heavy atom. The highest BCUT2D eigenvalue weighted by atomic mass is 16.5. The molecular formula is C19H23N3O3. The van der Waals surface area contributed by atoms with Gasteiger partial charge in [0.1, 0.15) is 5.75 Å². The van der Waals surface area contributed by atoms with Gasteiger partial charge in [-0.25, -0.2) is 0 Å². The largest absolute Gasteiger partial charge is 0.496 e. The first-order valence-corrected chi connectivity index (χ1v) is 8.08. The summed E-state index contributed by atoms with van der Waals surface area (Å²) in [7, 11) is 1.61. The molecule has 0 aliphatic carbocycles. The van der Waals surface area contributed by atoms with Crippen molar-refractivity contribution in [1.82, 2.24) is 5.32 Å². The molecule has 0 spiro atoms. The molecule has 0 radical (unpaired) electrons. The SMILES string of the molecule is COc1ccccc1CNC(=O)CCNc1ccc(NC(C)=O)cc1. The van der Waals surface area contributed by atoms with E-state index in [1.54, 1.807) is 7.11 Å². The van der Waals surface area contributed by atoms with Crippen LogP contribution in [-0.4, -0.2) is 25.5 Å². The summed E-state index contributed by atoms with van der Waals surface area (Å²) >= 11 is 0. The van der Waals surface area contributed by atoms with Crippen LogP contribution < -0.4 is 20.7 Å². The summed E-state index contributed by atoms with van der Waals surface area (Å²) in [6, 6.07) is 14.9. The maximum Gasteiger partial charge on any atom is 0.222 e. The van der Waals surface area contributed by atoms with E-state index in [4.69, 9.17) is 4.74 Å². The number of hydrogen-bond donors (Lipinski definition) is 3. The quantitative estimate of drug-likeness (QED) is 0.690. The molecular weight excluding hydrogens is 318 g/mol. The standard InChI is InChI=1S/C19H23N3O3/c1-14(23)22-17-9-7-16(8-10-17)20-12-11-19(24)21-13-15-5-3-4-6-18(15)25-2/h3-10,20H,11-13H2,1-2H3,(H,21,24)(H,22,23). The Labute approximate surface area is 147 Å². The van der Waals surface area contributed by atoms with E-state index < -0.39 is 0 Å². The van der Waals surface area contributed by atoms with Gasteiger partial charge in [-0.3, -0.25) is 9.59 Å². The van der Waals surface area contributed by atoms with Gasteiger partial charge in [0.2, 0.25) is 11.8 Å². The Bertz CT molecular complexity index is 714. The molecule has 2 rings (SSSR count). The molecule has 2 aromatic carbocycles. The van der Waals surface area contributed by atoms with E-state index in [0.717, 1.165) is 22.7 Å². The van der Waals surface area contributed by atoms with Crippen LogP contribution in [0.15, 0.2) is 48.5 Å². The fraction of sp³-hybridized carbons (Fsp3) is 0.263. The molecule has 2 amide bonds. The van der Waals surface area contributed by atoms with Gasteiger partial charge in [0, 0.05) is 43.4 Å². The van der Waals surface area contributed by atoms with Crippen LogP contribution in [0.1, 0.15) is 18.9 Å². The van der Waals surface area contributed by atoms with Crippen molar-refractivity contribution in [2.45, 2.75) is 19.9 Å². The Morgan fingerprint density at radius 3 is 2.36 bits per heavy atom. The lowest BCUT2D eigenvalue weighted by Crippen LogP contribution is -2.25. The van der Waals surface area contributed by atoms with Crippen LogP contribution in [0.5, 0.6) is 5.75 Å². The van der Waals surface area contributed by atoms with E-state index in [9.17, 15) is 9.59 Å². The van der Waals surface area contributed by atoms with Crippen LogP contribution in [0, 0.1) is 0 Å². The number of rotatable bonds is 8. The highest BCUT2D eigenvalue weighted by Gasteiger charge is 2.05. The molecule has 0 saturated carbocycles. The van der Waals surface area contributed by atoms with Gasteiger partial charge >= 0.3 is 0 Å². The maximum absolute atomic E-state index is 11.9. The number of para-hydroxylation sites is 1. The highest BCUT2D eigenvalue weighted by molar-refractivity contribution is 5.88. The average Bonchev–Trinajstić information content (AvgIpc) is 2.61. The predicted molar refractivity (Wildman–Crippen MR) is 98.7 cm³/mol. The molecule has 0 aromatic heterocycles. The van der Waals surface area contributed by atoms with E-state index in [-0.39, 0.29) is 11.8 Å². The zero-order valence-corrected chi connectivity index (χ0v) is 14.5. The van der Waals surface area contributed by atoms with E-state index in [1.807, 2.05) is 48.5 Å². The van der Waals surface area contributed by atoms with Crippen molar-refractivity contribution in [3.8, 4) is 5.75 Å². The lowest BCUT2D eigenvalue weighted by atomic mass is 10.2. The molecule has 0 heterocycles. The van der Waals surface area contributed by atoms with Crippen molar-refractivity contribution in [2.75, 3.05) is 24.3 Å². The third kappa shape index (κ3) is 6.18. The molecule has 0 fully saturated rings. The molecule has 3 N–H and O–H groups in total. The predicted octanol–water partition coefficient (Wildman–Crippen LogP) is 2.77. The number of hydrogen-bond acceptors (Lipinski definition) is 4. The van der Waals surface area contributed by atoms with Gasteiger partial charge in [0.05, 0.1) is 7.11 Å². The molecule has 132 valence electrons. The Hall–Kier alpha value is -3.02. The topological polar surface area (TPSA) is 79.5 Å². The van der Waals surface area contributed by atoms with Gasteiger partial charge in [0.15, 0.2) is 0 Å². The van der Waals surface area contributed by atoms with Gasteiger partial charge in [0.25, 0.3) is 0 Å². The summed E-state index contributed by atoms with van der Waals surface area (Å²) in [5, 5.41) is 8.77. The average molecular weight is 341 g/mol. The summed E-state index contributed by atoms with van der Waals surface area (Å²) in [5.74, 6) is 0.626. The number of nitrogens with one attached hydrogen (secondary N) is 3. The second-order valence-corrected chi connectivity index (χ2v) is 5.52. The molecule has 0 atom stereocenters. The van der Waals surface area contributed by atoms with Gasteiger partial charge < -0.3 is 20.7 Å². The fourth-order valence-corrected chi connectivity index (χ4v) is 2.33. The first kappa shape index (κ1) is 18.3. The lowest BCUT2D eigenvalue weighted by Gasteiger charge is -2.10. The Kier molecular flexibility index (Phi) is 6.83. The van der Waals surface area contributed by atoms with Crippen molar-refractivity contribution < 1.29 is 14.3 Å². The van der Waals surface area contributed by atoms with Crippen molar-refractivity contribution in [1.29, 1.82) is 0 Å². The summed E-state index contributed by atoms with van der Waals surface area (Å²) in [5.41, 5.74) is 2.58. The molecule has 0 aliphatic rings. The van der Waals surface area contributed by atoms with Crippen molar-refractivity contribution in [3.05, 3.63) is 54.1 Å². The monoisotopic (exact) mass is 341 g/mol. The van der Waals surface area contributed by atoms with Gasteiger partial charge in [-0.2, -0.15) is 0 Å². The third-order valence-electron chi connectivity index (χ3n) is 3.55. The number of ether oxygens (including phenoxy) is 1. The smallest absolute Gasteiger partial charge is 0.222 e. The molecule has 25 heavy (non-hydrogen) atoms. The number of carbonyl (C=O) groups excluding carboxylic acids is 2. The van der Waals surface area contributed by atoms with Crippen LogP contribution in [0.25, 0.3) is 0 Å². The van der Waals surface area contributed by atoms with Crippen LogP contribution in [0.3, 0.4) is 0 Å². The van der Waals surface area contributed by atoms with Crippen molar-refractivity contribution in [3.63, 3.8) is 0 Å². The minimum atomic E-state index is -0.104. The minimum absolute atomic E-state index is 0.0340. The molecule has 0 aliphatic heterocycles. The third-order valence-corrected chi connectivity index (χ3v) is 3.55. The molecule has 6 heteroatoms. The van der Waals surface area contributed by atoms with Crippen molar-refractivity contribution in [2.24, 2.45) is 0 Å². The minimum Gasteiger partial charge on any atom is -0.496 e. The Morgan fingerprint density at radius 2 is 1.68 bits per heavy atom. The van der Waals surface area contributed by atoms with Gasteiger partial charge in [-0.05, 0) is 30.3 Å². The van der Waals surface area contributed by atoms with E-state index >= 15 is 0 Å². The van der Waals surface area contributed by atoms with Gasteiger partial charge in [-0.15, -0.1) is 0 Å². The second kappa shape index (κ2) is 9.32. The van der Waals surface area contributed by atoms with Crippen LogP contribution in [0.4, 0.5) is 11.4 Å². The number of carbonyl (C=O) groups is 2. The highest BCUT2D eigenvalue weighted by Crippen LogP contribution is 2.16. The summed E-state index contributed by atoms with van der Waals surface area (Å²) in [6.45, 7) is 2.43. The van der Waals surface area contributed by atoms with Crippen LogP contribution in [-0.2, 0) is 16.1 Å². The van der Waals surface area contributed by atoms with E-state index in [2.05, 4.69) is 16.0 Å². The van der Waals surface area contributed by atoms with E-state index in [0.29, 0.717) is 19.5 Å². The van der Waals surface area contributed by atoms with Crippen molar-refractivity contribution >= 4 is 23.2 Å². The molecule has 0 unspecified atom stereocenters.